The predicted molar refractivity (Wildman–Crippen MR) is 190 cm³/mol. The van der Waals surface area contributed by atoms with Gasteiger partial charge in [-0.05, 0) is 133 Å². The fourth-order valence-corrected chi connectivity index (χ4v) is 14.5. The van der Waals surface area contributed by atoms with Crippen LogP contribution in [0, 0.1) is 62.6 Å². The van der Waals surface area contributed by atoms with Crippen molar-refractivity contribution in [3.63, 3.8) is 0 Å². The number of epoxide rings is 1. The van der Waals surface area contributed by atoms with Gasteiger partial charge in [0.1, 0.15) is 18.0 Å². The smallest absolute Gasteiger partial charge is 0.312 e. The van der Waals surface area contributed by atoms with E-state index in [2.05, 4.69) is 72.7 Å². The maximum atomic E-state index is 14.4. The molecular formula is C44H58O5. The van der Waals surface area contributed by atoms with Gasteiger partial charge in [-0.2, -0.15) is 0 Å². The number of benzene rings is 2. The van der Waals surface area contributed by atoms with Gasteiger partial charge in [-0.3, -0.25) is 9.59 Å². The molecule has 0 aromatic heterocycles. The highest BCUT2D eigenvalue weighted by molar-refractivity contribution is 5.78. The van der Waals surface area contributed by atoms with Crippen LogP contribution in [0.4, 0.5) is 0 Å². The molecule has 6 aliphatic rings. The molecular weight excluding hydrogens is 608 g/mol. The first-order valence-corrected chi connectivity index (χ1v) is 19.4. The third-order valence-corrected chi connectivity index (χ3v) is 16.9. The summed E-state index contributed by atoms with van der Waals surface area (Å²) in [6.45, 7) is 18.6. The number of fused-ring (bicyclic) bond motifs is 8. The Morgan fingerprint density at radius 2 is 1.59 bits per heavy atom. The third-order valence-electron chi connectivity index (χ3n) is 16.9. The van der Waals surface area contributed by atoms with Crippen molar-refractivity contribution in [2.24, 2.45) is 62.6 Å². The van der Waals surface area contributed by atoms with Gasteiger partial charge in [0.25, 0.3) is 6.47 Å². The molecule has 0 N–H and O–H groups in total. The van der Waals surface area contributed by atoms with Gasteiger partial charge in [-0.15, -0.1) is 0 Å². The average molecular weight is 667 g/mol. The van der Waals surface area contributed by atoms with Gasteiger partial charge in [0.05, 0.1) is 11.5 Å². The molecule has 0 amide bonds. The van der Waals surface area contributed by atoms with Crippen molar-refractivity contribution in [2.75, 3.05) is 0 Å². The average Bonchev–Trinajstić information content (AvgIpc) is 3.67. The van der Waals surface area contributed by atoms with Crippen LogP contribution in [0.5, 0.6) is 5.75 Å². The summed E-state index contributed by atoms with van der Waals surface area (Å²) >= 11 is 0. The molecule has 1 aliphatic heterocycles. The molecule has 0 unspecified atom stereocenters. The monoisotopic (exact) mass is 666 g/mol. The molecule has 1 saturated heterocycles. The second kappa shape index (κ2) is 11.2. The lowest BCUT2D eigenvalue weighted by molar-refractivity contribution is -0.241. The van der Waals surface area contributed by atoms with Crippen molar-refractivity contribution < 1.29 is 23.8 Å². The Balaban J connectivity index is 1.10. The van der Waals surface area contributed by atoms with Crippen LogP contribution >= 0.6 is 0 Å². The molecule has 5 nitrogen and oxygen atoms in total. The van der Waals surface area contributed by atoms with E-state index < -0.39 is 0 Å². The molecule has 0 bridgehead atoms. The van der Waals surface area contributed by atoms with Gasteiger partial charge in [0, 0.05) is 5.41 Å². The van der Waals surface area contributed by atoms with Gasteiger partial charge in [-0.1, -0.05) is 90.9 Å². The maximum Gasteiger partial charge on any atom is 0.312 e. The van der Waals surface area contributed by atoms with Gasteiger partial charge < -0.3 is 14.2 Å². The lowest BCUT2D eigenvalue weighted by Gasteiger charge is -2.72. The molecule has 5 aliphatic carbocycles. The zero-order valence-electron chi connectivity index (χ0n) is 30.9. The van der Waals surface area contributed by atoms with E-state index >= 15 is 0 Å². The van der Waals surface area contributed by atoms with Gasteiger partial charge in [0.2, 0.25) is 0 Å². The number of carbonyl (C=O) groups is 2. The van der Waals surface area contributed by atoms with Crippen molar-refractivity contribution in [2.45, 2.75) is 125 Å². The van der Waals surface area contributed by atoms with Crippen LogP contribution in [0.15, 0.2) is 54.6 Å². The number of hydrogen-bond donors (Lipinski definition) is 0. The van der Waals surface area contributed by atoms with Gasteiger partial charge in [0.15, 0.2) is 0 Å². The van der Waals surface area contributed by atoms with Crippen LogP contribution in [0.3, 0.4) is 0 Å². The van der Waals surface area contributed by atoms with Crippen LogP contribution in [-0.2, 0) is 31.3 Å². The number of hydrogen-bond acceptors (Lipinski definition) is 5. The molecule has 2 aromatic carbocycles. The zero-order chi connectivity index (χ0) is 34.6. The number of rotatable bonds is 7. The van der Waals surface area contributed by atoms with E-state index in [0.29, 0.717) is 54.3 Å². The molecule has 49 heavy (non-hydrogen) atoms. The number of ether oxygens (including phenoxy) is 3. The molecule has 0 radical (unpaired) electrons. The summed E-state index contributed by atoms with van der Waals surface area (Å²) in [5.74, 6) is 3.90. The summed E-state index contributed by atoms with van der Waals surface area (Å²) in [7, 11) is 0. The highest BCUT2D eigenvalue weighted by Crippen LogP contribution is 2.81. The third kappa shape index (κ3) is 4.39. The minimum Gasteiger partial charge on any atom is -0.460 e. The highest BCUT2D eigenvalue weighted by Gasteiger charge is 2.79. The molecule has 5 heteroatoms. The highest BCUT2D eigenvalue weighted by atomic mass is 16.6. The second-order valence-corrected chi connectivity index (χ2v) is 18.9. The Kier molecular flexibility index (Phi) is 7.63. The standard InChI is InChI=1S/C44H58O5/c1-28(2)32-19-22-43(38(46)47-26-29-11-9-8-10-12-29)24-23-41(6)33(37(32)43)17-18-35-40(5)25-36-44(49-36,30-13-15-31(16-14-30)48-27-45)39(3,4)34(40)20-21-42(35,41)7/h8-16,27-28,32-37H,17-26H2,1-7H3/t32-,33+,34-,35+,36-,37+,40-,41+,42+,43-,44-/m0/s1. The number of esters is 1. The van der Waals surface area contributed by atoms with E-state index in [0.717, 1.165) is 37.7 Å². The first-order valence-electron chi connectivity index (χ1n) is 19.4. The first-order chi connectivity index (χ1) is 23.3. The fraction of sp³-hybridized carbons (Fsp3) is 0.682. The Morgan fingerprint density at radius 3 is 2.29 bits per heavy atom. The molecule has 5 saturated carbocycles. The summed E-state index contributed by atoms with van der Waals surface area (Å²) in [6, 6.07) is 18.3. The van der Waals surface area contributed by atoms with Crippen LogP contribution in [0.2, 0.25) is 0 Å². The Morgan fingerprint density at radius 1 is 0.857 bits per heavy atom. The molecule has 264 valence electrons. The summed E-state index contributed by atoms with van der Waals surface area (Å²) in [6.07, 6.45) is 10.4. The van der Waals surface area contributed by atoms with E-state index in [1.54, 1.807) is 0 Å². The summed E-state index contributed by atoms with van der Waals surface area (Å²) < 4.78 is 18.3. The van der Waals surface area contributed by atoms with E-state index in [4.69, 9.17) is 14.2 Å². The minimum absolute atomic E-state index is 0.0325. The lowest BCUT2D eigenvalue weighted by Crippen LogP contribution is -2.67. The number of carbonyl (C=O) groups excluding carboxylic acids is 2. The summed E-state index contributed by atoms with van der Waals surface area (Å²) in [5, 5.41) is 0. The van der Waals surface area contributed by atoms with Crippen molar-refractivity contribution in [3.8, 4) is 5.75 Å². The zero-order valence-corrected chi connectivity index (χ0v) is 30.9. The first kappa shape index (κ1) is 33.5. The summed E-state index contributed by atoms with van der Waals surface area (Å²) in [4.78, 5) is 25.3. The van der Waals surface area contributed by atoms with Crippen molar-refractivity contribution in [3.05, 3.63) is 65.7 Å². The largest absolute Gasteiger partial charge is 0.460 e. The fourth-order valence-electron chi connectivity index (χ4n) is 14.5. The van der Waals surface area contributed by atoms with Gasteiger partial charge in [-0.25, -0.2) is 0 Å². The van der Waals surface area contributed by atoms with Crippen LogP contribution in [0.1, 0.15) is 117 Å². The quantitative estimate of drug-likeness (QED) is 0.167. The lowest BCUT2D eigenvalue weighted by atomic mass is 9.31. The second-order valence-electron chi connectivity index (χ2n) is 18.9. The van der Waals surface area contributed by atoms with Crippen LogP contribution in [0.25, 0.3) is 0 Å². The van der Waals surface area contributed by atoms with E-state index in [1.807, 2.05) is 30.3 Å². The van der Waals surface area contributed by atoms with Crippen molar-refractivity contribution in [1.82, 2.24) is 0 Å². The Bertz CT molecular complexity index is 1600. The van der Waals surface area contributed by atoms with E-state index in [-0.39, 0.29) is 44.7 Å². The van der Waals surface area contributed by atoms with Crippen molar-refractivity contribution >= 4 is 12.4 Å². The molecule has 11 atom stereocenters. The summed E-state index contributed by atoms with van der Waals surface area (Å²) in [5.41, 5.74) is 2.21. The van der Waals surface area contributed by atoms with Crippen LogP contribution in [-0.4, -0.2) is 18.5 Å². The molecule has 1 heterocycles. The topological polar surface area (TPSA) is 65.1 Å². The SMILES string of the molecule is CC(C)[C@@H]1CC[C@]2(C(=O)OCc3ccccc3)CC[C@]3(C)[C@H](CC[C@@H]4[C@@]5(C)C[C@@H]6O[C@]6(c6ccc(OC=O)cc6)C(C)(C)[C@@H]5CC[C@]43C)[C@@H]12. The normalized spacial score (nSPS) is 44.4. The predicted octanol–water partition coefficient (Wildman–Crippen LogP) is 9.91. The Labute approximate surface area is 294 Å². The molecule has 8 rings (SSSR count). The maximum absolute atomic E-state index is 14.4. The minimum atomic E-state index is -0.348. The molecule has 0 spiro atoms. The van der Waals surface area contributed by atoms with Gasteiger partial charge >= 0.3 is 5.97 Å². The van der Waals surface area contributed by atoms with E-state index in [9.17, 15) is 9.59 Å². The van der Waals surface area contributed by atoms with E-state index in [1.165, 1.54) is 31.2 Å². The molecule has 2 aromatic rings. The van der Waals surface area contributed by atoms with Crippen molar-refractivity contribution in [1.29, 1.82) is 0 Å². The molecule has 6 fully saturated rings. The Hall–Kier alpha value is -2.66. The van der Waals surface area contributed by atoms with Crippen LogP contribution < -0.4 is 4.74 Å².